The minimum Gasteiger partial charge on any atom is -0.493 e. The molecule has 1 aliphatic rings. The molecule has 2 atom stereocenters. The molecule has 2 unspecified atom stereocenters. The lowest BCUT2D eigenvalue weighted by atomic mass is 9.86. The number of hydrogen-bond donors (Lipinski definition) is 0. The molecule has 2 nitrogen and oxygen atoms in total. The predicted molar refractivity (Wildman–Crippen MR) is 155 cm³/mol. The van der Waals surface area contributed by atoms with Crippen molar-refractivity contribution in [3.8, 4) is 44.9 Å². The summed E-state index contributed by atoms with van der Waals surface area (Å²) in [5.74, 6) is 2.90. The van der Waals surface area contributed by atoms with Crippen molar-refractivity contribution < 1.29 is 9.47 Å². The van der Waals surface area contributed by atoms with Crippen LogP contribution in [-0.4, -0.2) is 13.2 Å². The van der Waals surface area contributed by atoms with E-state index < -0.39 is 0 Å². The van der Waals surface area contributed by atoms with Crippen molar-refractivity contribution in [1.82, 2.24) is 0 Å². The van der Waals surface area contributed by atoms with Gasteiger partial charge in [0.15, 0.2) is 0 Å². The summed E-state index contributed by atoms with van der Waals surface area (Å²) >= 11 is 0. The van der Waals surface area contributed by atoms with Crippen LogP contribution in [0.5, 0.6) is 11.5 Å². The van der Waals surface area contributed by atoms with Gasteiger partial charge in [0.1, 0.15) is 11.5 Å². The maximum atomic E-state index is 6.48. The molecule has 0 bridgehead atoms. The number of benzene rings is 4. The standard InChI is InChI=1S/C35H38O2/c1-5-24(3)22-36-32-17-11-9-15-29(32)30-20-19-27-21-26-13-7-8-14-28(26)34(27)35(30)31-16-10-12-18-33(31)37-23-25(4)6-2/h7-20,24-25H,5-6,21-23H2,1-4H3. The van der Waals surface area contributed by atoms with E-state index in [2.05, 4.69) is 113 Å². The molecule has 4 aromatic carbocycles. The van der Waals surface area contributed by atoms with Gasteiger partial charge in [-0.25, -0.2) is 0 Å². The maximum absolute atomic E-state index is 6.48. The van der Waals surface area contributed by atoms with Crippen molar-refractivity contribution in [3.05, 3.63) is 96.1 Å². The average Bonchev–Trinajstić information content (AvgIpc) is 3.33. The Hall–Kier alpha value is -3.52. The largest absolute Gasteiger partial charge is 0.493 e. The Labute approximate surface area is 222 Å². The molecule has 0 N–H and O–H groups in total. The van der Waals surface area contributed by atoms with Crippen molar-refractivity contribution in [2.75, 3.05) is 13.2 Å². The van der Waals surface area contributed by atoms with Crippen LogP contribution in [0.4, 0.5) is 0 Å². The van der Waals surface area contributed by atoms with E-state index >= 15 is 0 Å². The SMILES string of the molecule is CCC(C)COc1ccccc1-c1ccc2c(c1-c1ccccc1OCC(C)CC)-c1ccccc1C2. The van der Waals surface area contributed by atoms with Crippen LogP contribution < -0.4 is 9.47 Å². The molecule has 0 saturated carbocycles. The Bertz CT molecular complexity index is 1370. The van der Waals surface area contributed by atoms with Crippen LogP contribution in [0.15, 0.2) is 84.9 Å². The van der Waals surface area contributed by atoms with Crippen molar-refractivity contribution in [1.29, 1.82) is 0 Å². The monoisotopic (exact) mass is 490 g/mol. The molecule has 0 heterocycles. The minimum absolute atomic E-state index is 0.504. The number of ether oxygens (including phenoxy) is 2. The predicted octanol–water partition coefficient (Wildman–Crippen LogP) is 9.44. The van der Waals surface area contributed by atoms with E-state index in [0.717, 1.165) is 41.9 Å². The first kappa shape index (κ1) is 25.1. The van der Waals surface area contributed by atoms with Gasteiger partial charge in [-0.05, 0) is 58.2 Å². The van der Waals surface area contributed by atoms with Crippen LogP contribution in [0.2, 0.25) is 0 Å². The Morgan fingerprint density at radius 2 is 1.08 bits per heavy atom. The Kier molecular flexibility index (Phi) is 7.65. The molecular weight excluding hydrogens is 452 g/mol. The molecule has 5 rings (SSSR count). The normalized spacial score (nSPS) is 13.5. The molecule has 0 aromatic heterocycles. The highest BCUT2D eigenvalue weighted by atomic mass is 16.5. The van der Waals surface area contributed by atoms with E-state index in [4.69, 9.17) is 9.47 Å². The summed E-state index contributed by atoms with van der Waals surface area (Å²) in [5, 5.41) is 0. The molecule has 37 heavy (non-hydrogen) atoms. The zero-order valence-electron chi connectivity index (χ0n) is 22.6. The molecule has 1 aliphatic carbocycles. The highest BCUT2D eigenvalue weighted by Crippen LogP contribution is 2.50. The van der Waals surface area contributed by atoms with Crippen molar-refractivity contribution in [3.63, 3.8) is 0 Å². The first-order valence-corrected chi connectivity index (χ1v) is 13.8. The first-order chi connectivity index (χ1) is 18.1. The van der Waals surface area contributed by atoms with Crippen molar-refractivity contribution >= 4 is 0 Å². The molecule has 0 aliphatic heterocycles. The summed E-state index contributed by atoms with van der Waals surface area (Å²) in [4.78, 5) is 0. The zero-order chi connectivity index (χ0) is 25.8. The van der Waals surface area contributed by atoms with Gasteiger partial charge in [-0.15, -0.1) is 0 Å². The summed E-state index contributed by atoms with van der Waals surface area (Å²) in [6.07, 6.45) is 3.16. The Balaban J connectivity index is 1.71. The van der Waals surface area contributed by atoms with Crippen LogP contribution in [0.1, 0.15) is 51.7 Å². The van der Waals surface area contributed by atoms with Gasteiger partial charge in [0, 0.05) is 16.7 Å². The molecule has 0 spiro atoms. The molecule has 0 radical (unpaired) electrons. The fourth-order valence-electron chi connectivity index (χ4n) is 5.04. The minimum atomic E-state index is 0.504. The van der Waals surface area contributed by atoms with Gasteiger partial charge >= 0.3 is 0 Å². The second-order valence-corrected chi connectivity index (χ2v) is 10.5. The average molecular weight is 491 g/mol. The quantitative estimate of drug-likeness (QED) is 0.194. The molecule has 0 fully saturated rings. The van der Waals surface area contributed by atoms with Crippen LogP contribution in [0.3, 0.4) is 0 Å². The van der Waals surface area contributed by atoms with Gasteiger partial charge in [-0.2, -0.15) is 0 Å². The summed E-state index contributed by atoms with van der Waals surface area (Å²) in [6.45, 7) is 10.3. The molecule has 0 amide bonds. The van der Waals surface area contributed by atoms with E-state index in [-0.39, 0.29) is 0 Å². The summed E-state index contributed by atoms with van der Waals surface area (Å²) < 4.78 is 12.9. The lowest BCUT2D eigenvalue weighted by molar-refractivity contribution is 0.257. The smallest absolute Gasteiger partial charge is 0.127 e. The van der Waals surface area contributed by atoms with Crippen LogP contribution >= 0.6 is 0 Å². The number of hydrogen-bond acceptors (Lipinski definition) is 2. The summed E-state index contributed by atoms with van der Waals surface area (Å²) in [5.41, 5.74) is 10.1. The topological polar surface area (TPSA) is 18.5 Å². The van der Waals surface area contributed by atoms with Gasteiger partial charge in [0.25, 0.3) is 0 Å². The molecule has 4 aromatic rings. The van der Waals surface area contributed by atoms with Crippen LogP contribution in [0.25, 0.3) is 33.4 Å². The fourth-order valence-corrected chi connectivity index (χ4v) is 5.04. The summed E-state index contributed by atoms with van der Waals surface area (Å²) in [6, 6.07) is 30.4. The van der Waals surface area contributed by atoms with Gasteiger partial charge in [-0.1, -0.05) is 113 Å². The van der Waals surface area contributed by atoms with Crippen LogP contribution in [0, 0.1) is 11.8 Å². The lowest BCUT2D eigenvalue weighted by Crippen LogP contribution is -2.08. The lowest BCUT2D eigenvalue weighted by Gasteiger charge is -2.22. The zero-order valence-corrected chi connectivity index (χ0v) is 22.6. The van der Waals surface area contributed by atoms with Gasteiger partial charge in [-0.3, -0.25) is 0 Å². The van der Waals surface area contributed by atoms with E-state index in [9.17, 15) is 0 Å². The van der Waals surface area contributed by atoms with Crippen molar-refractivity contribution in [2.45, 2.75) is 47.0 Å². The van der Waals surface area contributed by atoms with E-state index in [0.29, 0.717) is 25.0 Å². The molecule has 190 valence electrons. The molecular formula is C35H38O2. The third-order valence-electron chi connectivity index (χ3n) is 7.73. The third-order valence-corrected chi connectivity index (χ3v) is 7.73. The van der Waals surface area contributed by atoms with Gasteiger partial charge in [0.05, 0.1) is 13.2 Å². The Morgan fingerprint density at radius 1 is 0.541 bits per heavy atom. The van der Waals surface area contributed by atoms with Crippen molar-refractivity contribution in [2.24, 2.45) is 11.8 Å². The molecule has 2 heteroatoms. The van der Waals surface area contributed by atoms with Gasteiger partial charge < -0.3 is 9.47 Å². The van der Waals surface area contributed by atoms with Crippen LogP contribution in [-0.2, 0) is 6.42 Å². The van der Waals surface area contributed by atoms with E-state index in [1.807, 2.05) is 0 Å². The number of rotatable bonds is 10. The van der Waals surface area contributed by atoms with Gasteiger partial charge in [0.2, 0.25) is 0 Å². The van der Waals surface area contributed by atoms with E-state index in [1.165, 1.54) is 33.4 Å². The maximum Gasteiger partial charge on any atom is 0.127 e. The van der Waals surface area contributed by atoms with E-state index in [1.54, 1.807) is 0 Å². The Morgan fingerprint density at radius 3 is 1.73 bits per heavy atom. The molecule has 0 saturated heterocycles. The number of fused-ring (bicyclic) bond motifs is 3. The second-order valence-electron chi connectivity index (χ2n) is 10.5. The third kappa shape index (κ3) is 5.16. The fraction of sp³-hybridized carbons (Fsp3) is 0.314. The summed E-state index contributed by atoms with van der Waals surface area (Å²) in [7, 11) is 0. The second kappa shape index (κ2) is 11.3. The number of para-hydroxylation sites is 2. The first-order valence-electron chi connectivity index (χ1n) is 13.8. The highest BCUT2D eigenvalue weighted by molar-refractivity contribution is 6.00. The highest BCUT2D eigenvalue weighted by Gasteiger charge is 2.27.